The molecule has 3 aromatic rings. The molecule has 1 aromatic carbocycles. The van der Waals surface area contributed by atoms with Gasteiger partial charge in [0.15, 0.2) is 0 Å². The average Bonchev–Trinajstić information content (AvgIpc) is 2.96. The maximum absolute atomic E-state index is 13.2. The molecule has 4 rings (SSSR count). The SMILES string of the molecule is O=C(NCC1CCc2nc(-c3ccc(F)cc3)[nH]c(=O)c2CC1)c1cccnc1. The van der Waals surface area contributed by atoms with Crippen LogP contribution in [0.5, 0.6) is 0 Å². The van der Waals surface area contributed by atoms with Gasteiger partial charge in [0, 0.05) is 30.1 Å². The van der Waals surface area contributed by atoms with Crippen molar-refractivity contribution in [3.05, 3.63) is 81.8 Å². The Hall–Kier alpha value is -3.35. The van der Waals surface area contributed by atoms with E-state index in [1.54, 1.807) is 36.7 Å². The van der Waals surface area contributed by atoms with Crippen molar-refractivity contribution in [2.75, 3.05) is 6.54 Å². The molecule has 2 heterocycles. The zero-order valence-electron chi connectivity index (χ0n) is 15.8. The first kappa shape index (κ1) is 19.0. The molecule has 0 fully saturated rings. The molecule has 0 bridgehead atoms. The lowest BCUT2D eigenvalue weighted by molar-refractivity contribution is 0.0945. The Labute approximate surface area is 167 Å². The molecule has 1 unspecified atom stereocenters. The van der Waals surface area contributed by atoms with Gasteiger partial charge >= 0.3 is 0 Å². The molecule has 1 aliphatic rings. The van der Waals surface area contributed by atoms with Gasteiger partial charge in [0.25, 0.3) is 11.5 Å². The van der Waals surface area contributed by atoms with E-state index >= 15 is 0 Å². The molecule has 0 spiro atoms. The van der Waals surface area contributed by atoms with Gasteiger partial charge in [-0.05, 0) is 68.0 Å². The third-order valence-corrected chi connectivity index (χ3v) is 5.29. The zero-order valence-corrected chi connectivity index (χ0v) is 15.8. The number of hydrogen-bond acceptors (Lipinski definition) is 4. The van der Waals surface area contributed by atoms with Crippen molar-refractivity contribution in [3.63, 3.8) is 0 Å². The van der Waals surface area contributed by atoms with Gasteiger partial charge in [0.2, 0.25) is 0 Å². The molecular formula is C22H21FN4O2. The number of carbonyl (C=O) groups is 1. The number of fused-ring (bicyclic) bond motifs is 1. The first-order chi connectivity index (χ1) is 14.1. The minimum Gasteiger partial charge on any atom is -0.352 e. The number of nitrogens with one attached hydrogen (secondary N) is 2. The largest absolute Gasteiger partial charge is 0.352 e. The Kier molecular flexibility index (Phi) is 5.46. The second-order valence-corrected chi connectivity index (χ2v) is 7.24. The summed E-state index contributed by atoms with van der Waals surface area (Å²) < 4.78 is 13.2. The van der Waals surface area contributed by atoms with Gasteiger partial charge in [-0.2, -0.15) is 0 Å². The molecule has 1 amide bonds. The van der Waals surface area contributed by atoms with Crippen LogP contribution >= 0.6 is 0 Å². The highest BCUT2D eigenvalue weighted by Gasteiger charge is 2.21. The number of aryl methyl sites for hydroxylation is 1. The van der Waals surface area contributed by atoms with Crippen LogP contribution in [0.4, 0.5) is 4.39 Å². The fourth-order valence-electron chi connectivity index (χ4n) is 3.63. The Bertz CT molecular complexity index is 1060. The van der Waals surface area contributed by atoms with Crippen LogP contribution in [0.25, 0.3) is 11.4 Å². The summed E-state index contributed by atoms with van der Waals surface area (Å²) >= 11 is 0. The quantitative estimate of drug-likeness (QED) is 0.669. The molecule has 0 saturated heterocycles. The second kappa shape index (κ2) is 8.34. The van der Waals surface area contributed by atoms with E-state index in [1.165, 1.54) is 12.1 Å². The third kappa shape index (κ3) is 4.39. The molecule has 7 heteroatoms. The van der Waals surface area contributed by atoms with Crippen LogP contribution in [0.1, 0.15) is 34.5 Å². The number of hydrogen-bond donors (Lipinski definition) is 2. The van der Waals surface area contributed by atoms with Crippen molar-refractivity contribution in [2.24, 2.45) is 5.92 Å². The number of halogens is 1. The van der Waals surface area contributed by atoms with Gasteiger partial charge in [-0.3, -0.25) is 14.6 Å². The standard InChI is InChI=1S/C22H21FN4O2/c23-17-7-5-15(6-8-17)20-26-19-10-4-14(3-9-18(19)22(29)27-20)12-25-21(28)16-2-1-11-24-13-16/h1-2,5-8,11,13-14H,3-4,9-10,12H2,(H,25,28)(H,26,27,29). The topological polar surface area (TPSA) is 87.7 Å². The summed E-state index contributed by atoms with van der Waals surface area (Å²) in [6.07, 6.45) is 6.10. The van der Waals surface area contributed by atoms with E-state index in [2.05, 4.69) is 20.3 Å². The van der Waals surface area contributed by atoms with Gasteiger partial charge in [-0.25, -0.2) is 9.37 Å². The fraction of sp³-hybridized carbons (Fsp3) is 0.273. The van der Waals surface area contributed by atoms with Crippen molar-refractivity contribution in [2.45, 2.75) is 25.7 Å². The highest BCUT2D eigenvalue weighted by molar-refractivity contribution is 5.93. The minimum atomic E-state index is -0.331. The summed E-state index contributed by atoms with van der Waals surface area (Å²) in [5.74, 6) is 0.243. The molecule has 29 heavy (non-hydrogen) atoms. The van der Waals surface area contributed by atoms with E-state index in [4.69, 9.17) is 0 Å². The highest BCUT2D eigenvalue weighted by Crippen LogP contribution is 2.23. The zero-order chi connectivity index (χ0) is 20.2. The summed E-state index contributed by atoms with van der Waals surface area (Å²) in [6, 6.07) is 9.37. The van der Waals surface area contributed by atoms with Gasteiger partial charge in [0.1, 0.15) is 11.6 Å². The lowest BCUT2D eigenvalue weighted by Gasteiger charge is -2.14. The van der Waals surface area contributed by atoms with Crippen LogP contribution in [0, 0.1) is 11.7 Å². The molecular weight excluding hydrogens is 371 g/mol. The maximum Gasteiger partial charge on any atom is 0.254 e. The summed E-state index contributed by atoms with van der Waals surface area (Å²) in [7, 11) is 0. The molecule has 2 N–H and O–H groups in total. The van der Waals surface area contributed by atoms with E-state index in [0.29, 0.717) is 41.9 Å². The second-order valence-electron chi connectivity index (χ2n) is 7.24. The number of H-pyrrole nitrogens is 1. The van der Waals surface area contributed by atoms with Crippen LogP contribution in [0.3, 0.4) is 0 Å². The molecule has 1 aliphatic carbocycles. The molecule has 0 radical (unpaired) electrons. The van der Waals surface area contributed by atoms with Gasteiger partial charge in [-0.1, -0.05) is 0 Å². The van der Waals surface area contributed by atoms with Crippen molar-refractivity contribution in [1.82, 2.24) is 20.3 Å². The average molecular weight is 392 g/mol. The van der Waals surface area contributed by atoms with E-state index in [1.807, 2.05) is 0 Å². The summed E-state index contributed by atoms with van der Waals surface area (Å²) in [5.41, 5.74) is 2.56. The number of nitrogens with zero attached hydrogens (tertiary/aromatic N) is 2. The summed E-state index contributed by atoms with van der Waals surface area (Å²) in [4.78, 5) is 36.2. The van der Waals surface area contributed by atoms with Crippen LogP contribution in [-0.2, 0) is 12.8 Å². The van der Waals surface area contributed by atoms with Crippen LogP contribution in [-0.4, -0.2) is 27.4 Å². The molecule has 6 nitrogen and oxygen atoms in total. The Balaban J connectivity index is 1.45. The number of benzene rings is 1. The number of aromatic amines is 1. The van der Waals surface area contributed by atoms with Crippen molar-refractivity contribution in [3.8, 4) is 11.4 Å². The van der Waals surface area contributed by atoms with Crippen molar-refractivity contribution < 1.29 is 9.18 Å². The first-order valence-corrected chi connectivity index (χ1v) is 9.66. The molecule has 0 saturated carbocycles. The lowest BCUT2D eigenvalue weighted by Crippen LogP contribution is -2.29. The Morgan fingerprint density at radius 1 is 1.17 bits per heavy atom. The monoisotopic (exact) mass is 392 g/mol. The normalized spacial score (nSPS) is 16.0. The van der Waals surface area contributed by atoms with Gasteiger partial charge < -0.3 is 10.3 Å². The van der Waals surface area contributed by atoms with Gasteiger partial charge in [-0.15, -0.1) is 0 Å². The molecule has 2 aromatic heterocycles. The predicted octanol–water partition coefficient (Wildman–Crippen LogP) is 2.90. The first-order valence-electron chi connectivity index (χ1n) is 9.66. The fourth-order valence-corrected chi connectivity index (χ4v) is 3.63. The van der Waals surface area contributed by atoms with Gasteiger partial charge in [0.05, 0.1) is 11.3 Å². The Morgan fingerprint density at radius 3 is 2.72 bits per heavy atom. The number of carbonyl (C=O) groups excluding carboxylic acids is 1. The van der Waals surface area contributed by atoms with E-state index < -0.39 is 0 Å². The minimum absolute atomic E-state index is 0.144. The van der Waals surface area contributed by atoms with Crippen LogP contribution in [0.15, 0.2) is 53.6 Å². The number of rotatable bonds is 4. The van der Waals surface area contributed by atoms with E-state index in [0.717, 1.165) is 18.5 Å². The lowest BCUT2D eigenvalue weighted by atomic mass is 9.99. The van der Waals surface area contributed by atoms with E-state index in [-0.39, 0.29) is 23.2 Å². The predicted molar refractivity (Wildman–Crippen MR) is 107 cm³/mol. The van der Waals surface area contributed by atoms with Crippen molar-refractivity contribution in [1.29, 1.82) is 0 Å². The number of amides is 1. The van der Waals surface area contributed by atoms with Crippen molar-refractivity contribution >= 4 is 5.91 Å². The summed E-state index contributed by atoms with van der Waals surface area (Å²) in [5, 5.41) is 2.96. The van der Waals surface area contributed by atoms with Crippen LogP contribution < -0.4 is 10.9 Å². The number of aromatic nitrogens is 3. The van der Waals surface area contributed by atoms with Crippen LogP contribution in [0.2, 0.25) is 0 Å². The highest BCUT2D eigenvalue weighted by atomic mass is 19.1. The Morgan fingerprint density at radius 2 is 1.97 bits per heavy atom. The maximum atomic E-state index is 13.2. The third-order valence-electron chi connectivity index (χ3n) is 5.29. The molecule has 0 aliphatic heterocycles. The number of pyridine rings is 1. The molecule has 1 atom stereocenters. The summed E-state index contributed by atoms with van der Waals surface area (Å²) in [6.45, 7) is 0.546. The molecule has 148 valence electrons. The van der Waals surface area contributed by atoms with E-state index in [9.17, 15) is 14.0 Å². The smallest absolute Gasteiger partial charge is 0.254 e.